The lowest BCUT2D eigenvalue weighted by Crippen LogP contribution is -2.35. The summed E-state index contributed by atoms with van der Waals surface area (Å²) < 4.78 is 5.54. The zero-order valence-corrected chi connectivity index (χ0v) is 7.84. The summed E-state index contributed by atoms with van der Waals surface area (Å²) in [6, 6.07) is 0.666. The van der Waals surface area contributed by atoms with Crippen molar-refractivity contribution in [2.75, 3.05) is 19.7 Å². The van der Waals surface area contributed by atoms with Crippen LogP contribution in [0.5, 0.6) is 0 Å². The second-order valence-electron chi connectivity index (χ2n) is 3.62. The summed E-state index contributed by atoms with van der Waals surface area (Å²) in [6.07, 6.45) is 1.60. The third kappa shape index (κ3) is 2.80. The Hall–Kier alpha value is -0.0800. The fourth-order valence-electron chi connectivity index (χ4n) is 1.50. The molecule has 1 heterocycles. The molecule has 11 heavy (non-hydrogen) atoms. The quantitative estimate of drug-likeness (QED) is 0.572. The molecule has 0 aromatic carbocycles. The summed E-state index contributed by atoms with van der Waals surface area (Å²) in [6.45, 7) is 9.88. The molecule has 1 aliphatic heterocycles. The van der Waals surface area contributed by atoms with Gasteiger partial charge in [-0.25, -0.2) is 0 Å². The number of rotatable bonds is 1. The predicted molar refractivity (Wildman–Crippen MR) is 46.7 cm³/mol. The molecule has 2 nitrogen and oxygen atoms in total. The van der Waals surface area contributed by atoms with Gasteiger partial charge < -0.3 is 4.74 Å². The van der Waals surface area contributed by atoms with Crippen molar-refractivity contribution in [3.8, 4) is 0 Å². The van der Waals surface area contributed by atoms with Crippen LogP contribution in [0.1, 0.15) is 27.2 Å². The molecule has 1 saturated heterocycles. The molecule has 1 aliphatic rings. The minimum Gasteiger partial charge on any atom is -0.377 e. The van der Waals surface area contributed by atoms with Gasteiger partial charge in [0.15, 0.2) is 0 Å². The highest BCUT2D eigenvalue weighted by atomic mass is 16.5. The summed E-state index contributed by atoms with van der Waals surface area (Å²) in [4.78, 5) is 2.48. The average Bonchev–Trinajstić information content (AvgIpc) is 2.13. The minimum atomic E-state index is 0.417. The zero-order chi connectivity index (χ0) is 8.27. The van der Waals surface area contributed by atoms with E-state index in [1.165, 1.54) is 13.0 Å². The fraction of sp³-hybridized carbons (Fsp3) is 1.00. The van der Waals surface area contributed by atoms with E-state index in [2.05, 4.69) is 25.7 Å². The summed E-state index contributed by atoms with van der Waals surface area (Å²) in [7, 11) is 0. The van der Waals surface area contributed by atoms with Crippen LogP contribution in [0.3, 0.4) is 0 Å². The highest BCUT2D eigenvalue weighted by Gasteiger charge is 2.16. The first kappa shape index (κ1) is 9.01. The first-order valence-electron chi connectivity index (χ1n) is 4.56. The molecule has 0 saturated carbocycles. The normalized spacial score (nSPS) is 28.9. The minimum absolute atomic E-state index is 0.417. The van der Waals surface area contributed by atoms with Gasteiger partial charge in [0.1, 0.15) is 0 Å². The average molecular weight is 157 g/mol. The summed E-state index contributed by atoms with van der Waals surface area (Å²) in [5, 5.41) is 0. The number of hydrogen-bond donors (Lipinski definition) is 0. The highest BCUT2D eigenvalue weighted by Crippen LogP contribution is 2.08. The van der Waals surface area contributed by atoms with Crippen molar-refractivity contribution in [1.29, 1.82) is 0 Å². The molecule has 0 unspecified atom stereocenters. The molecule has 0 aromatic heterocycles. The Balaban J connectivity index is 2.39. The van der Waals surface area contributed by atoms with Crippen molar-refractivity contribution in [3.63, 3.8) is 0 Å². The van der Waals surface area contributed by atoms with Gasteiger partial charge in [0.2, 0.25) is 0 Å². The van der Waals surface area contributed by atoms with Gasteiger partial charge in [-0.2, -0.15) is 0 Å². The molecule has 0 amide bonds. The van der Waals surface area contributed by atoms with Crippen molar-refractivity contribution < 1.29 is 4.74 Å². The van der Waals surface area contributed by atoms with Gasteiger partial charge in [0.25, 0.3) is 0 Å². The van der Waals surface area contributed by atoms with Crippen molar-refractivity contribution in [1.82, 2.24) is 4.90 Å². The van der Waals surface area contributed by atoms with Crippen molar-refractivity contribution in [2.24, 2.45) is 0 Å². The lowest BCUT2D eigenvalue weighted by atomic mass is 10.2. The van der Waals surface area contributed by atoms with Crippen LogP contribution in [0.25, 0.3) is 0 Å². The Labute approximate surface area is 69.5 Å². The van der Waals surface area contributed by atoms with E-state index >= 15 is 0 Å². The largest absolute Gasteiger partial charge is 0.377 e. The highest BCUT2D eigenvalue weighted by molar-refractivity contribution is 4.69. The predicted octanol–water partition coefficient (Wildman–Crippen LogP) is 1.51. The monoisotopic (exact) mass is 157 g/mol. The number of nitrogens with zero attached hydrogens (tertiary/aromatic N) is 1. The molecule has 1 fully saturated rings. The van der Waals surface area contributed by atoms with Crippen LogP contribution >= 0.6 is 0 Å². The molecule has 66 valence electrons. The standard InChI is InChI=1S/C9H19NO/c1-8(2)10-5-4-6-11-9(3)7-10/h8-9H,4-7H2,1-3H3/t9-/m1/s1. The third-order valence-corrected chi connectivity index (χ3v) is 2.21. The van der Waals surface area contributed by atoms with Crippen LogP contribution in [-0.2, 0) is 4.74 Å². The number of hydrogen-bond acceptors (Lipinski definition) is 2. The van der Waals surface area contributed by atoms with Gasteiger partial charge in [-0.3, -0.25) is 4.90 Å². The lowest BCUT2D eigenvalue weighted by Gasteiger charge is -2.25. The maximum Gasteiger partial charge on any atom is 0.0673 e. The van der Waals surface area contributed by atoms with E-state index < -0.39 is 0 Å². The van der Waals surface area contributed by atoms with Gasteiger partial charge in [-0.05, 0) is 27.2 Å². The molecule has 0 radical (unpaired) electrons. The Kier molecular flexibility index (Phi) is 3.34. The molecule has 1 rings (SSSR count). The van der Waals surface area contributed by atoms with Crippen LogP contribution in [0, 0.1) is 0 Å². The van der Waals surface area contributed by atoms with E-state index in [0.717, 1.165) is 13.2 Å². The maximum atomic E-state index is 5.54. The second kappa shape index (κ2) is 4.07. The molecule has 0 bridgehead atoms. The van der Waals surface area contributed by atoms with Gasteiger partial charge in [0.05, 0.1) is 6.10 Å². The van der Waals surface area contributed by atoms with Gasteiger partial charge >= 0.3 is 0 Å². The van der Waals surface area contributed by atoms with E-state index in [4.69, 9.17) is 4.74 Å². The van der Waals surface area contributed by atoms with Gasteiger partial charge in [-0.1, -0.05) is 0 Å². The molecule has 0 N–H and O–H groups in total. The molecule has 0 aromatic rings. The molecule has 2 heteroatoms. The Morgan fingerprint density at radius 3 is 2.82 bits per heavy atom. The van der Waals surface area contributed by atoms with Crippen LogP contribution in [0.4, 0.5) is 0 Å². The molecule has 0 aliphatic carbocycles. The van der Waals surface area contributed by atoms with Crippen molar-refractivity contribution in [2.45, 2.75) is 39.3 Å². The van der Waals surface area contributed by atoms with Crippen LogP contribution < -0.4 is 0 Å². The van der Waals surface area contributed by atoms with E-state index in [9.17, 15) is 0 Å². The topological polar surface area (TPSA) is 12.5 Å². The van der Waals surface area contributed by atoms with E-state index in [0.29, 0.717) is 12.1 Å². The maximum absolute atomic E-state index is 5.54. The van der Waals surface area contributed by atoms with Gasteiger partial charge in [-0.15, -0.1) is 0 Å². The summed E-state index contributed by atoms with van der Waals surface area (Å²) >= 11 is 0. The Morgan fingerprint density at radius 1 is 1.45 bits per heavy atom. The first-order valence-corrected chi connectivity index (χ1v) is 4.56. The summed E-state index contributed by atoms with van der Waals surface area (Å²) in [5.74, 6) is 0. The molecular formula is C9H19NO. The van der Waals surface area contributed by atoms with E-state index in [1.54, 1.807) is 0 Å². The first-order chi connectivity index (χ1) is 5.20. The Morgan fingerprint density at radius 2 is 2.18 bits per heavy atom. The van der Waals surface area contributed by atoms with Crippen LogP contribution in [0.2, 0.25) is 0 Å². The van der Waals surface area contributed by atoms with Crippen LogP contribution in [-0.4, -0.2) is 36.7 Å². The molecule has 1 atom stereocenters. The Bertz CT molecular complexity index is 114. The van der Waals surface area contributed by atoms with Crippen molar-refractivity contribution in [3.05, 3.63) is 0 Å². The second-order valence-corrected chi connectivity index (χ2v) is 3.62. The van der Waals surface area contributed by atoms with E-state index in [1.807, 2.05) is 0 Å². The smallest absolute Gasteiger partial charge is 0.0673 e. The SMILES string of the molecule is CC(C)N1CCCO[C@H](C)C1. The number of ether oxygens (including phenoxy) is 1. The van der Waals surface area contributed by atoms with E-state index in [-0.39, 0.29) is 0 Å². The fourth-order valence-corrected chi connectivity index (χ4v) is 1.50. The lowest BCUT2D eigenvalue weighted by molar-refractivity contribution is 0.0633. The zero-order valence-electron chi connectivity index (χ0n) is 7.84. The van der Waals surface area contributed by atoms with Crippen molar-refractivity contribution >= 4 is 0 Å². The molecule has 0 spiro atoms. The molecular weight excluding hydrogens is 138 g/mol. The third-order valence-electron chi connectivity index (χ3n) is 2.21. The van der Waals surface area contributed by atoms with Crippen LogP contribution in [0.15, 0.2) is 0 Å². The summed E-state index contributed by atoms with van der Waals surface area (Å²) in [5.41, 5.74) is 0. The van der Waals surface area contributed by atoms with Gasteiger partial charge in [0, 0.05) is 25.7 Å².